The first-order valence-corrected chi connectivity index (χ1v) is 12.0. The number of nitriles is 1. The molecule has 0 fully saturated rings. The maximum absolute atomic E-state index is 11.1. The molecule has 1 aliphatic rings. The van der Waals surface area contributed by atoms with E-state index < -0.39 is 5.91 Å². The Kier molecular flexibility index (Phi) is 8.18. The summed E-state index contributed by atoms with van der Waals surface area (Å²) in [5.41, 5.74) is 10.5. The lowest BCUT2D eigenvalue weighted by Gasteiger charge is -2.19. The minimum atomic E-state index is -0.412. The molecule has 1 aliphatic heterocycles. The van der Waals surface area contributed by atoms with Crippen LogP contribution in [-0.2, 0) is 4.79 Å². The first-order valence-electron chi connectivity index (χ1n) is 12.0. The summed E-state index contributed by atoms with van der Waals surface area (Å²) in [6, 6.07) is 16.9. The Labute approximate surface area is 216 Å². The number of nitrogens with zero attached hydrogens (tertiary/aromatic N) is 4. The Hall–Kier alpha value is -4.61. The van der Waals surface area contributed by atoms with Gasteiger partial charge < -0.3 is 15.8 Å². The van der Waals surface area contributed by atoms with E-state index in [2.05, 4.69) is 34.4 Å². The van der Waals surface area contributed by atoms with E-state index in [-0.39, 0.29) is 12.5 Å². The Bertz CT molecular complexity index is 1420. The number of amides is 1. The number of benzene rings is 1. The summed E-state index contributed by atoms with van der Waals surface area (Å²) in [4.78, 5) is 24.9. The third kappa shape index (κ3) is 6.75. The fraction of sp³-hybridized carbons (Fsp3) is 0.207. The number of nitrogens with one attached hydrogen (secondary N) is 1. The topological polar surface area (TPSA) is 126 Å². The van der Waals surface area contributed by atoms with Gasteiger partial charge in [0.1, 0.15) is 11.5 Å². The van der Waals surface area contributed by atoms with Crippen LogP contribution in [0.5, 0.6) is 11.5 Å². The molecule has 0 radical (unpaired) electrons. The lowest BCUT2D eigenvalue weighted by molar-refractivity contribution is -0.117. The van der Waals surface area contributed by atoms with E-state index in [4.69, 9.17) is 15.5 Å². The second kappa shape index (κ2) is 11.9. The van der Waals surface area contributed by atoms with E-state index in [0.29, 0.717) is 29.3 Å². The van der Waals surface area contributed by atoms with E-state index in [1.54, 1.807) is 24.5 Å². The highest BCUT2D eigenvalue weighted by atomic mass is 16.5. The molecule has 4 rings (SSSR count). The van der Waals surface area contributed by atoms with Gasteiger partial charge in [-0.1, -0.05) is 25.1 Å². The number of allylic oxidation sites excluding steroid dienone is 1. The third-order valence-electron chi connectivity index (χ3n) is 5.75. The predicted octanol–water partition coefficient (Wildman–Crippen LogP) is 4.46. The minimum Gasteiger partial charge on any atom is -0.456 e. The average molecular weight is 493 g/mol. The predicted molar refractivity (Wildman–Crippen MR) is 143 cm³/mol. The molecule has 1 atom stereocenters. The molecule has 0 spiro atoms. The molecule has 1 aromatic carbocycles. The van der Waals surface area contributed by atoms with Crippen molar-refractivity contribution in [2.75, 3.05) is 13.1 Å². The van der Waals surface area contributed by atoms with Gasteiger partial charge in [0.15, 0.2) is 0 Å². The number of aromatic nitrogens is 2. The fourth-order valence-corrected chi connectivity index (χ4v) is 3.98. The first kappa shape index (κ1) is 25.5. The largest absolute Gasteiger partial charge is 0.456 e. The van der Waals surface area contributed by atoms with Gasteiger partial charge in [-0.3, -0.25) is 19.8 Å². The SMILES string of the molecule is Cc1cc(Oc2cc(C#N)ccc2/C2=N/C=C(CNCC(N)=O)\C=C\CC2C)cc(-c2ccccn2)n1. The zero-order chi connectivity index (χ0) is 26.2. The van der Waals surface area contributed by atoms with Gasteiger partial charge in [0.2, 0.25) is 5.91 Å². The standard InChI is InChI=1S/C29H28N6O2/c1-19-6-5-7-22(16-32-18-28(31)36)17-34-29(19)24-10-9-21(15-30)13-27(24)37-23-12-20(2)35-26(14-23)25-8-3-4-11-33-25/h3-5,7-14,17,19,32H,6,16,18H2,1-2H3,(H2,31,36)/b7-5+,22-17+,34-29+. The number of carbonyl (C=O) groups excluding carboxylic acids is 1. The normalized spacial score (nSPS) is 18.8. The molecule has 1 unspecified atom stereocenters. The van der Waals surface area contributed by atoms with Crippen molar-refractivity contribution >= 4 is 11.6 Å². The number of aliphatic imine (C=N–C) groups is 1. The highest BCUT2D eigenvalue weighted by molar-refractivity contribution is 6.05. The lowest BCUT2D eigenvalue weighted by Crippen LogP contribution is -2.29. The van der Waals surface area contributed by atoms with Gasteiger partial charge in [-0.25, -0.2) is 0 Å². The number of carbonyl (C=O) groups is 1. The number of pyridine rings is 2. The fourth-order valence-electron chi connectivity index (χ4n) is 3.98. The molecule has 1 amide bonds. The molecule has 0 saturated heterocycles. The molecule has 186 valence electrons. The van der Waals surface area contributed by atoms with Gasteiger partial charge in [-0.05, 0) is 49.2 Å². The molecule has 2 aromatic heterocycles. The van der Waals surface area contributed by atoms with Crippen molar-refractivity contribution in [2.45, 2.75) is 20.3 Å². The summed E-state index contributed by atoms with van der Waals surface area (Å²) in [6.45, 7) is 4.56. The van der Waals surface area contributed by atoms with Crippen LogP contribution >= 0.6 is 0 Å². The van der Waals surface area contributed by atoms with E-state index in [0.717, 1.165) is 34.7 Å². The molecule has 8 nitrogen and oxygen atoms in total. The van der Waals surface area contributed by atoms with Crippen molar-refractivity contribution in [2.24, 2.45) is 16.6 Å². The van der Waals surface area contributed by atoms with E-state index in [1.165, 1.54) is 0 Å². The number of rotatable bonds is 8. The highest BCUT2D eigenvalue weighted by Gasteiger charge is 2.19. The number of primary amides is 1. The molecule has 8 heteroatoms. The van der Waals surface area contributed by atoms with E-state index >= 15 is 0 Å². The zero-order valence-corrected chi connectivity index (χ0v) is 20.8. The lowest BCUT2D eigenvalue weighted by atomic mass is 9.93. The number of hydrogen-bond acceptors (Lipinski definition) is 7. The van der Waals surface area contributed by atoms with Gasteiger partial charge >= 0.3 is 0 Å². The number of ether oxygens (including phenoxy) is 1. The maximum atomic E-state index is 11.1. The summed E-state index contributed by atoms with van der Waals surface area (Å²) in [7, 11) is 0. The van der Waals surface area contributed by atoms with Crippen LogP contribution in [0.2, 0.25) is 0 Å². The Morgan fingerprint density at radius 1 is 1.22 bits per heavy atom. The minimum absolute atomic E-state index is 0.0948. The molecule has 0 saturated carbocycles. The van der Waals surface area contributed by atoms with Crippen molar-refractivity contribution in [3.8, 4) is 29.0 Å². The van der Waals surface area contributed by atoms with Crippen LogP contribution in [0.25, 0.3) is 11.4 Å². The maximum Gasteiger partial charge on any atom is 0.231 e. The van der Waals surface area contributed by atoms with Crippen molar-refractivity contribution in [1.82, 2.24) is 15.3 Å². The van der Waals surface area contributed by atoms with Gasteiger partial charge in [-0.2, -0.15) is 5.26 Å². The van der Waals surface area contributed by atoms with Crippen molar-refractivity contribution < 1.29 is 9.53 Å². The zero-order valence-electron chi connectivity index (χ0n) is 20.8. The van der Waals surface area contributed by atoms with Gasteiger partial charge in [0, 0.05) is 48.2 Å². The highest BCUT2D eigenvalue weighted by Crippen LogP contribution is 2.32. The quantitative estimate of drug-likeness (QED) is 0.478. The van der Waals surface area contributed by atoms with Gasteiger partial charge in [0.05, 0.1) is 35.3 Å². The Morgan fingerprint density at radius 2 is 2.08 bits per heavy atom. The van der Waals surface area contributed by atoms with Crippen LogP contribution in [-0.4, -0.2) is 34.7 Å². The summed E-state index contributed by atoms with van der Waals surface area (Å²) < 4.78 is 6.38. The van der Waals surface area contributed by atoms with Crippen LogP contribution in [0.4, 0.5) is 0 Å². The first-order chi connectivity index (χ1) is 17.9. The van der Waals surface area contributed by atoms with E-state index in [9.17, 15) is 10.1 Å². The van der Waals surface area contributed by atoms with Crippen LogP contribution in [0.1, 0.15) is 30.2 Å². The summed E-state index contributed by atoms with van der Waals surface area (Å²) in [5.74, 6) is 0.820. The molecule has 3 aromatic rings. The van der Waals surface area contributed by atoms with Crippen LogP contribution in [0.3, 0.4) is 0 Å². The molecule has 0 bridgehead atoms. The number of nitrogens with two attached hydrogens (primary N) is 1. The molecule has 3 N–H and O–H groups in total. The second-order valence-corrected chi connectivity index (χ2v) is 8.80. The van der Waals surface area contributed by atoms with Gasteiger partial charge in [0.25, 0.3) is 0 Å². The van der Waals surface area contributed by atoms with E-state index in [1.807, 2.05) is 49.4 Å². The average Bonchev–Trinajstić information content (AvgIpc) is 2.88. The number of hydrogen-bond donors (Lipinski definition) is 2. The second-order valence-electron chi connectivity index (χ2n) is 8.80. The molecule has 3 heterocycles. The monoisotopic (exact) mass is 492 g/mol. The van der Waals surface area contributed by atoms with Crippen LogP contribution in [0, 0.1) is 24.2 Å². The Balaban J connectivity index is 1.71. The van der Waals surface area contributed by atoms with Crippen molar-refractivity contribution in [3.63, 3.8) is 0 Å². The van der Waals surface area contributed by atoms with Gasteiger partial charge in [-0.15, -0.1) is 0 Å². The van der Waals surface area contributed by atoms with Crippen molar-refractivity contribution in [3.05, 3.63) is 95.5 Å². The summed E-state index contributed by atoms with van der Waals surface area (Å²) >= 11 is 0. The smallest absolute Gasteiger partial charge is 0.231 e. The van der Waals surface area contributed by atoms with Crippen LogP contribution < -0.4 is 15.8 Å². The third-order valence-corrected chi connectivity index (χ3v) is 5.75. The summed E-state index contributed by atoms with van der Waals surface area (Å²) in [5, 5.41) is 12.6. The van der Waals surface area contributed by atoms with Crippen molar-refractivity contribution in [1.29, 1.82) is 5.26 Å². The number of aryl methyl sites for hydroxylation is 1. The molecular weight excluding hydrogens is 464 g/mol. The molecule has 0 aliphatic carbocycles. The van der Waals surface area contributed by atoms with Crippen LogP contribution in [0.15, 0.2) is 83.6 Å². The molecule has 37 heavy (non-hydrogen) atoms. The summed E-state index contributed by atoms with van der Waals surface area (Å²) in [6.07, 6.45) is 8.37. The molecular formula is C29H28N6O2. The Morgan fingerprint density at radius 3 is 2.84 bits per heavy atom.